The normalized spacial score (nSPS) is 26.4. The number of carboxylic acids is 1. The molecule has 5 heteroatoms. The van der Waals surface area contributed by atoms with Crippen LogP contribution in [-0.4, -0.2) is 36.6 Å². The molecule has 0 aromatic rings. The number of carbonyl (C=O) groups is 2. The Kier molecular flexibility index (Phi) is 3.14. The van der Waals surface area contributed by atoms with Crippen molar-refractivity contribution >= 4 is 11.9 Å². The molecule has 0 aromatic carbocycles. The molecule has 1 aliphatic carbocycles. The molecule has 3 N–H and O–H groups in total. The number of carboxylic acid groups (broad SMARTS) is 1. The van der Waals surface area contributed by atoms with Crippen molar-refractivity contribution in [2.45, 2.75) is 25.7 Å². The summed E-state index contributed by atoms with van der Waals surface area (Å²) < 4.78 is 0. The predicted octanol–water partition coefficient (Wildman–Crippen LogP) is -0.0330. The Bertz CT molecular complexity index is 294. The lowest BCUT2D eigenvalue weighted by Crippen LogP contribution is -2.35. The van der Waals surface area contributed by atoms with Crippen LogP contribution in [0.15, 0.2) is 0 Å². The van der Waals surface area contributed by atoms with Crippen LogP contribution in [0, 0.1) is 11.3 Å². The number of carbonyl (C=O) groups excluding carboxylic acids is 1. The van der Waals surface area contributed by atoms with Crippen molar-refractivity contribution in [3.63, 3.8) is 0 Å². The average molecular weight is 226 g/mol. The molecular formula is C11H18N2O3. The maximum atomic E-state index is 11.6. The van der Waals surface area contributed by atoms with Crippen LogP contribution in [0.25, 0.3) is 0 Å². The molecule has 1 amide bonds. The van der Waals surface area contributed by atoms with Crippen LogP contribution in [0.5, 0.6) is 0 Å². The first-order valence-corrected chi connectivity index (χ1v) is 5.83. The van der Waals surface area contributed by atoms with E-state index in [-0.39, 0.29) is 5.91 Å². The SMILES string of the molecule is O=C(CC1CCNC1)NCC1(C(=O)O)CC1. The van der Waals surface area contributed by atoms with Crippen molar-refractivity contribution in [1.82, 2.24) is 10.6 Å². The molecule has 0 bridgehead atoms. The summed E-state index contributed by atoms with van der Waals surface area (Å²) in [7, 11) is 0. The van der Waals surface area contributed by atoms with E-state index in [0.29, 0.717) is 31.7 Å². The molecule has 1 heterocycles. The van der Waals surface area contributed by atoms with Crippen LogP contribution < -0.4 is 10.6 Å². The summed E-state index contributed by atoms with van der Waals surface area (Å²) in [5, 5.41) is 14.9. The number of rotatable bonds is 5. The molecule has 1 saturated heterocycles. The third-order valence-corrected chi connectivity index (χ3v) is 3.57. The van der Waals surface area contributed by atoms with E-state index in [9.17, 15) is 9.59 Å². The zero-order valence-corrected chi connectivity index (χ0v) is 9.29. The van der Waals surface area contributed by atoms with Gasteiger partial charge in [-0.2, -0.15) is 0 Å². The smallest absolute Gasteiger partial charge is 0.311 e. The molecule has 1 atom stereocenters. The molecule has 90 valence electrons. The highest BCUT2D eigenvalue weighted by Gasteiger charge is 2.50. The fraction of sp³-hybridized carbons (Fsp3) is 0.818. The van der Waals surface area contributed by atoms with E-state index in [4.69, 9.17) is 5.11 Å². The predicted molar refractivity (Wildman–Crippen MR) is 57.9 cm³/mol. The van der Waals surface area contributed by atoms with Gasteiger partial charge in [-0.25, -0.2) is 0 Å². The van der Waals surface area contributed by atoms with E-state index < -0.39 is 11.4 Å². The third kappa shape index (κ3) is 2.52. The fourth-order valence-electron chi connectivity index (χ4n) is 2.11. The summed E-state index contributed by atoms with van der Waals surface area (Å²) in [4.78, 5) is 22.4. The fourth-order valence-corrected chi connectivity index (χ4v) is 2.11. The molecule has 5 nitrogen and oxygen atoms in total. The first-order valence-electron chi connectivity index (χ1n) is 5.83. The van der Waals surface area contributed by atoms with Crippen LogP contribution in [0.3, 0.4) is 0 Å². The van der Waals surface area contributed by atoms with Crippen LogP contribution in [0.4, 0.5) is 0 Å². The first kappa shape index (κ1) is 11.4. The van der Waals surface area contributed by atoms with Gasteiger partial charge in [-0.05, 0) is 38.3 Å². The van der Waals surface area contributed by atoms with E-state index in [1.54, 1.807) is 0 Å². The molecule has 0 aromatic heterocycles. The topological polar surface area (TPSA) is 78.4 Å². The van der Waals surface area contributed by atoms with Crippen molar-refractivity contribution in [3.8, 4) is 0 Å². The molecule has 0 radical (unpaired) electrons. The first-order chi connectivity index (χ1) is 7.62. The Balaban J connectivity index is 1.69. The van der Waals surface area contributed by atoms with E-state index in [1.807, 2.05) is 0 Å². The van der Waals surface area contributed by atoms with Gasteiger partial charge in [0.25, 0.3) is 0 Å². The standard InChI is InChI=1S/C11H18N2O3/c14-9(5-8-1-4-12-6-8)13-7-11(2-3-11)10(15)16/h8,12H,1-7H2,(H,13,14)(H,15,16). The van der Waals surface area contributed by atoms with Gasteiger partial charge in [-0.15, -0.1) is 0 Å². The van der Waals surface area contributed by atoms with Gasteiger partial charge < -0.3 is 15.7 Å². The Morgan fingerprint density at radius 2 is 2.19 bits per heavy atom. The molecule has 1 saturated carbocycles. The quantitative estimate of drug-likeness (QED) is 0.615. The lowest BCUT2D eigenvalue weighted by Gasteiger charge is -2.12. The van der Waals surface area contributed by atoms with Gasteiger partial charge in [-0.3, -0.25) is 9.59 Å². The second kappa shape index (κ2) is 4.41. The molecule has 2 fully saturated rings. The van der Waals surface area contributed by atoms with Crippen LogP contribution >= 0.6 is 0 Å². The molecule has 2 aliphatic rings. The maximum Gasteiger partial charge on any atom is 0.311 e. The minimum Gasteiger partial charge on any atom is -0.481 e. The summed E-state index contributed by atoms with van der Waals surface area (Å²) in [6.07, 6.45) is 2.93. The number of hydrogen-bond donors (Lipinski definition) is 3. The molecule has 1 aliphatic heterocycles. The van der Waals surface area contributed by atoms with Gasteiger partial charge in [0.1, 0.15) is 0 Å². The second-order valence-corrected chi connectivity index (χ2v) is 4.93. The van der Waals surface area contributed by atoms with Gasteiger partial charge in [-0.1, -0.05) is 0 Å². The summed E-state index contributed by atoms with van der Waals surface area (Å²) >= 11 is 0. The van der Waals surface area contributed by atoms with E-state index in [2.05, 4.69) is 10.6 Å². The highest BCUT2D eigenvalue weighted by Crippen LogP contribution is 2.45. The summed E-state index contributed by atoms with van der Waals surface area (Å²) in [5.74, 6) is -0.378. The molecular weight excluding hydrogens is 208 g/mol. The molecule has 0 spiro atoms. The molecule has 1 unspecified atom stereocenters. The number of hydrogen-bond acceptors (Lipinski definition) is 3. The summed E-state index contributed by atoms with van der Waals surface area (Å²) in [6.45, 7) is 2.18. The van der Waals surface area contributed by atoms with Crippen molar-refractivity contribution in [3.05, 3.63) is 0 Å². The van der Waals surface area contributed by atoms with Crippen molar-refractivity contribution in [2.24, 2.45) is 11.3 Å². The Hall–Kier alpha value is -1.10. The van der Waals surface area contributed by atoms with Crippen LogP contribution in [0.1, 0.15) is 25.7 Å². The Morgan fingerprint density at radius 1 is 1.44 bits per heavy atom. The minimum atomic E-state index is -0.782. The van der Waals surface area contributed by atoms with E-state index >= 15 is 0 Å². The second-order valence-electron chi connectivity index (χ2n) is 4.93. The van der Waals surface area contributed by atoms with Gasteiger partial charge in [0.2, 0.25) is 5.91 Å². The van der Waals surface area contributed by atoms with Crippen molar-refractivity contribution < 1.29 is 14.7 Å². The third-order valence-electron chi connectivity index (χ3n) is 3.57. The van der Waals surface area contributed by atoms with Crippen molar-refractivity contribution in [1.29, 1.82) is 0 Å². The van der Waals surface area contributed by atoms with Crippen LogP contribution in [-0.2, 0) is 9.59 Å². The lowest BCUT2D eigenvalue weighted by atomic mass is 10.0. The Morgan fingerprint density at radius 3 is 2.69 bits per heavy atom. The minimum absolute atomic E-state index is 0.0128. The van der Waals surface area contributed by atoms with Crippen LogP contribution in [0.2, 0.25) is 0 Å². The van der Waals surface area contributed by atoms with E-state index in [1.165, 1.54) is 0 Å². The zero-order chi connectivity index (χ0) is 11.6. The van der Waals surface area contributed by atoms with Crippen molar-refractivity contribution in [2.75, 3.05) is 19.6 Å². The lowest BCUT2D eigenvalue weighted by molar-refractivity contribution is -0.143. The highest BCUT2D eigenvalue weighted by atomic mass is 16.4. The number of amides is 1. The maximum absolute atomic E-state index is 11.6. The zero-order valence-electron chi connectivity index (χ0n) is 9.29. The summed E-state index contributed by atoms with van der Waals surface area (Å²) in [5.41, 5.74) is -0.649. The van der Waals surface area contributed by atoms with E-state index in [0.717, 1.165) is 19.5 Å². The highest BCUT2D eigenvalue weighted by molar-refractivity contribution is 5.81. The largest absolute Gasteiger partial charge is 0.481 e. The monoisotopic (exact) mass is 226 g/mol. The molecule has 2 rings (SSSR count). The molecule has 16 heavy (non-hydrogen) atoms. The average Bonchev–Trinajstić information content (AvgIpc) is 2.88. The number of nitrogens with one attached hydrogen (secondary N) is 2. The Labute approximate surface area is 94.6 Å². The van der Waals surface area contributed by atoms with Gasteiger partial charge in [0.15, 0.2) is 0 Å². The van der Waals surface area contributed by atoms with Gasteiger partial charge in [0, 0.05) is 13.0 Å². The number of aliphatic carboxylic acids is 1. The summed E-state index contributed by atoms with van der Waals surface area (Å²) in [6, 6.07) is 0. The van der Waals surface area contributed by atoms with Gasteiger partial charge >= 0.3 is 5.97 Å². The van der Waals surface area contributed by atoms with Gasteiger partial charge in [0.05, 0.1) is 5.41 Å².